The monoisotopic (exact) mass is 291 g/mol. The van der Waals surface area contributed by atoms with Crippen molar-refractivity contribution in [3.05, 3.63) is 23.4 Å². The summed E-state index contributed by atoms with van der Waals surface area (Å²) >= 11 is 0. The van der Waals surface area contributed by atoms with Gasteiger partial charge in [-0.25, -0.2) is 4.98 Å². The molecule has 21 heavy (non-hydrogen) atoms. The first kappa shape index (κ1) is 16.2. The minimum atomic E-state index is -0.248. The molecular formula is C17H29N3O. The predicted octanol–water partition coefficient (Wildman–Crippen LogP) is 2.49. The minimum absolute atomic E-state index is 0.111. The Morgan fingerprint density at radius 2 is 2.14 bits per heavy atom. The van der Waals surface area contributed by atoms with Crippen LogP contribution in [0, 0.1) is 12.8 Å². The van der Waals surface area contributed by atoms with Crippen LogP contribution in [-0.2, 0) is 6.54 Å². The number of nitrogens with zero attached hydrogens (tertiary/aromatic N) is 2. The molecule has 4 nitrogen and oxygen atoms in total. The van der Waals surface area contributed by atoms with Crippen molar-refractivity contribution in [1.82, 2.24) is 10.3 Å². The van der Waals surface area contributed by atoms with Crippen LogP contribution in [0.15, 0.2) is 12.3 Å². The van der Waals surface area contributed by atoms with Gasteiger partial charge in [-0.1, -0.05) is 6.92 Å². The zero-order chi connectivity index (χ0) is 15.6. The number of pyridine rings is 1. The number of aromatic nitrogens is 1. The van der Waals surface area contributed by atoms with E-state index in [1.807, 2.05) is 6.20 Å². The summed E-state index contributed by atoms with van der Waals surface area (Å²) in [5.41, 5.74) is 2.50. The number of hydrogen-bond donors (Lipinski definition) is 2. The van der Waals surface area contributed by atoms with E-state index in [0.717, 1.165) is 25.3 Å². The second kappa shape index (κ2) is 6.32. The number of piperidine rings is 1. The van der Waals surface area contributed by atoms with Crippen molar-refractivity contribution in [3.8, 4) is 0 Å². The van der Waals surface area contributed by atoms with Gasteiger partial charge in [0.1, 0.15) is 5.82 Å². The lowest BCUT2D eigenvalue weighted by Gasteiger charge is -2.35. The van der Waals surface area contributed by atoms with Gasteiger partial charge in [0.25, 0.3) is 0 Å². The number of anilines is 1. The summed E-state index contributed by atoms with van der Waals surface area (Å²) in [5.74, 6) is 1.40. The third kappa shape index (κ3) is 4.42. The molecule has 0 aromatic carbocycles. The summed E-state index contributed by atoms with van der Waals surface area (Å²) in [6.45, 7) is 13.2. The maximum atomic E-state index is 10.0. The predicted molar refractivity (Wildman–Crippen MR) is 87.6 cm³/mol. The SMILES string of the molecule is Cc1cc(CNC(C)(C)C)cnc1N1CCC(C)C(O)C1. The Bertz CT molecular complexity index is 481. The Morgan fingerprint density at radius 3 is 2.71 bits per heavy atom. The van der Waals surface area contributed by atoms with Gasteiger partial charge in [-0.2, -0.15) is 0 Å². The highest BCUT2D eigenvalue weighted by Gasteiger charge is 2.25. The fraction of sp³-hybridized carbons (Fsp3) is 0.706. The summed E-state index contributed by atoms with van der Waals surface area (Å²) in [5, 5.41) is 13.5. The molecule has 118 valence electrons. The second-order valence-corrected chi connectivity index (χ2v) is 7.37. The van der Waals surface area contributed by atoms with Gasteiger partial charge in [0.05, 0.1) is 6.10 Å². The average Bonchev–Trinajstić information content (AvgIpc) is 2.39. The Balaban J connectivity index is 2.05. The molecule has 2 unspecified atom stereocenters. The van der Waals surface area contributed by atoms with Gasteiger partial charge in [-0.05, 0) is 57.2 Å². The number of nitrogens with one attached hydrogen (secondary N) is 1. The standard InChI is InChI=1S/C17H29N3O/c1-12-6-7-20(11-15(12)21)16-13(2)8-14(9-18-16)10-19-17(3,4)5/h8-9,12,15,19,21H,6-7,10-11H2,1-5H3. The molecule has 0 amide bonds. The van der Waals surface area contributed by atoms with Crippen molar-refractivity contribution in [2.24, 2.45) is 5.92 Å². The van der Waals surface area contributed by atoms with Gasteiger partial charge in [-0.15, -0.1) is 0 Å². The smallest absolute Gasteiger partial charge is 0.131 e. The van der Waals surface area contributed by atoms with Crippen LogP contribution in [0.5, 0.6) is 0 Å². The van der Waals surface area contributed by atoms with Crippen LogP contribution in [0.4, 0.5) is 5.82 Å². The number of aliphatic hydroxyl groups is 1. The molecule has 1 aliphatic heterocycles. The fourth-order valence-electron chi connectivity index (χ4n) is 2.66. The maximum absolute atomic E-state index is 10.0. The molecule has 2 N–H and O–H groups in total. The summed E-state index contributed by atoms with van der Waals surface area (Å²) in [7, 11) is 0. The van der Waals surface area contributed by atoms with E-state index in [0.29, 0.717) is 12.5 Å². The van der Waals surface area contributed by atoms with Crippen LogP contribution < -0.4 is 10.2 Å². The Labute approximate surface area is 128 Å². The van der Waals surface area contributed by atoms with Gasteiger partial charge in [0, 0.05) is 31.4 Å². The normalized spacial score (nSPS) is 23.4. The van der Waals surface area contributed by atoms with Gasteiger partial charge >= 0.3 is 0 Å². The molecular weight excluding hydrogens is 262 g/mol. The quantitative estimate of drug-likeness (QED) is 0.898. The lowest BCUT2D eigenvalue weighted by Crippen LogP contribution is -2.43. The summed E-state index contributed by atoms with van der Waals surface area (Å²) in [6, 6.07) is 2.20. The fourth-order valence-corrected chi connectivity index (χ4v) is 2.66. The zero-order valence-electron chi connectivity index (χ0n) is 14.0. The first-order valence-electron chi connectivity index (χ1n) is 7.90. The summed E-state index contributed by atoms with van der Waals surface area (Å²) in [6.07, 6.45) is 2.73. The largest absolute Gasteiger partial charge is 0.391 e. The topological polar surface area (TPSA) is 48.4 Å². The molecule has 0 bridgehead atoms. The second-order valence-electron chi connectivity index (χ2n) is 7.37. The van der Waals surface area contributed by atoms with Crippen LogP contribution in [0.25, 0.3) is 0 Å². The first-order chi connectivity index (χ1) is 9.76. The molecule has 0 saturated carbocycles. The number of β-amino-alcohol motifs (C(OH)–C–C–N with tert-alkyl or cyclic N) is 1. The van der Waals surface area contributed by atoms with Gasteiger partial charge in [0.15, 0.2) is 0 Å². The Kier molecular flexibility index (Phi) is 4.89. The minimum Gasteiger partial charge on any atom is -0.391 e. The molecule has 4 heteroatoms. The van der Waals surface area contributed by atoms with Gasteiger partial charge in [0.2, 0.25) is 0 Å². The maximum Gasteiger partial charge on any atom is 0.131 e. The third-order valence-corrected chi connectivity index (χ3v) is 4.15. The molecule has 0 aliphatic carbocycles. The molecule has 1 aromatic rings. The van der Waals surface area contributed by atoms with Gasteiger partial charge < -0.3 is 15.3 Å². The van der Waals surface area contributed by atoms with Crippen LogP contribution in [-0.4, -0.2) is 34.8 Å². The van der Waals surface area contributed by atoms with E-state index in [1.165, 1.54) is 11.1 Å². The number of hydrogen-bond acceptors (Lipinski definition) is 4. The van der Waals surface area contributed by atoms with Crippen LogP contribution in [0.1, 0.15) is 45.2 Å². The lowest BCUT2D eigenvalue weighted by molar-refractivity contribution is 0.102. The summed E-state index contributed by atoms with van der Waals surface area (Å²) in [4.78, 5) is 6.85. The van der Waals surface area contributed by atoms with E-state index in [2.05, 4.69) is 55.9 Å². The van der Waals surface area contributed by atoms with Crippen molar-refractivity contribution in [2.45, 2.75) is 59.2 Å². The van der Waals surface area contributed by atoms with Crippen molar-refractivity contribution in [3.63, 3.8) is 0 Å². The van der Waals surface area contributed by atoms with E-state index in [9.17, 15) is 5.11 Å². The molecule has 1 aromatic heterocycles. The van der Waals surface area contributed by atoms with Crippen LogP contribution in [0.3, 0.4) is 0 Å². The Morgan fingerprint density at radius 1 is 1.43 bits per heavy atom. The van der Waals surface area contributed by atoms with Crippen molar-refractivity contribution < 1.29 is 5.11 Å². The van der Waals surface area contributed by atoms with E-state index in [1.54, 1.807) is 0 Å². The van der Waals surface area contributed by atoms with E-state index < -0.39 is 0 Å². The molecule has 2 atom stereocenters. The lowest BCUT2D eigenvalue weighted by atomic mass is 9.96. The van der Waals surface area contributed by atoms with Crippen LogP contribution >= 0.6 is 0 Å². The average molecular weight is 291 g/mol. The van der Waals surface area contributed by atoms with Gasteiger partial charge in [-0.3, -0.25) is 0 Å². The molecule has 2 rings (SSSR count). The van der Waals surface area contributed by atoms with E-state index in [4.69, 9.17) is 0 Å². The highest BCUT2D eigenvalue weighted by molar-refractivity contribution is 5.48. The van der Waals surface area contributed by atoms with E-state index in [-0.39, 0.29) is 11.6 Å². The number of aryl methyl sites for hydroxylation is 1. The van der Waals surface area contributed by atoms with Crippen molar-refractivity contribution in [1.29, 1.82) is 0 Å². The molecule has 1 aliphatic rings. The molecule has 0 spiro atoms. The number of aliphatic hydroxyl groups excluding tert-OH is 1. The highest BCUT2D eigenvalue weighted by atomic mass is 16.3. The van der Waals surface area contributed by atoms with Crippen molar-refractivity contribution in [2.75, 3.05) is 18.0 Å². The van der Waals surface area contributed by atoms with E-state index >= 15 is 0 Å². The molecule has 1 saturated heterocycles. The molecule has 1 fully saturated rings. The van der Waals surface area contributed by atoms with Crippen molar-refractivity contribution >= 4 is 5.82 Å². The first-order valence-corrected chi connectivity index (χ1v) is 7.90. The van der Waals surface area contributed by atoms with Crippen LogP contribution in [0.2, 0.25) is 0 Å². The highest BCUT2D eigenvalue weighted by Crippen LogP contribution is 2.24. The zero-order valence-corrected chi connectivity index (χ0v) is 14.0. The molecule has 2 heterocycles. The number of rotatable bonds is 3. The molecule has 0 radical (unpaired) electrons. The summed E-state index contributed by atoms with van der Waals surface area (Å²) < 4.78 is 0. The Hall–Kier alpha value is -1.13. The third-order valence-electron chi connectivity index (χ3n) is 4.15.